The van der Waals surface area contributed by atoms with Gasteiger partial charge in [-0.25, -0.2) is 41.1 Å². The third kappa shape index (κ3) is 7.38. The van der Waals surface area contributed by atoms with Crippen LogP contribution in [-0.4, -0.2) is 57.1 Å². The predicted octanol–water partition coefficient (Wildman–Crippen LogP) is 5.23. The fourth-order valence-electron chi connectivity index (χ4n) is 3.74. The normalized spacial score (nSPS) is 20.1. The highest BCUT2D eigenvalue weighted by molar-refractivity contribution is 7.86. The number of nitrogens with one attached hydrogen (secondary N) is 3. The standard InChI is InChI=1S/C20H16F5N5O2S.C5H10FN/c1-26-19-28-6-4-13(29-19)11-3-2-5-27-18(11)32-14-7-12(21)17(16(23)15(14)22)30-33(31)9-10-8-20(10,24)25;6-5-2-1-3-7-4-5/h2-7,10,30H,8-9H2,1H3,(H,26,28,29);5,7H,1-4H2. The van der Waals surface area contributed by atoms with Crippen LogP contribution in [-0.2, 0) is 11.0 Å². The van der Waals surface area contributed by atoms with Gasteiger partial charge in [-0.05, 0) is 37.6 Å². The molecule has 2 aromatic heterocycles. The highest BCUT2D eigenvalue weighted by atomic mass is 32.2. The molecular weight excluding hydrogens is 562 g/mol. The number of ether oxygens (including phenoxy) is 1. The van der Waals surface area contributed by atoms with E-state index in [1.54, 1.807) is 19.2 Å². The summed E-state index contributed by atoms with van der Waals surface area (Å²) in [7, 11) is -0.630. The molecule has 15 heteroatoms. The fourth-order valence-corrected chi connectivity index (χ4v) is 4.96. The van der Waals surface area contributed by atoms with Crippen LogP contribution in [0.5, 0.6) is 11.6 Å². The zero-order chi connectivity index (χ0) is 28.9. The number of aromatic nitrogens is 3. The van der Waals surface area contributed by atoms with E-state index in [4.69, 9.17) is 4.74 Å². The van der Waals surface area contributed by atoms with Gasteiger partial charge in [0.05, 0.1) is 17.0 Å². The van der Waals surface area contributed by atoms with Crippen molar-refractivity contribution in [2.75, 3.05) is 35.9 Å². The Morgan fingerprint density at radius 1 is 1.18 bits per heavy atom. The first-order valence-corrected chi connectivity index (χ1v) is 13.6. The minimum Gasteiger partial charge on any atom is -0.435 e. The quantitative estimate of drug-likeness (QED) is 0.245. The van der Waals surface area contributed by atoms with Crippen molar-refractivity contribution in [2.45, 2.75) is 31.4 Å². The number of anilines is 2. The number of hydrogen-bond acceptors (Lipinski definition) is 7. The lowest BCUT2D eigenvalue weighted by Crippen LogP contribution is -2.30. The first-order valence-electron chi connectivity index (χ1n) is 12.3. The third-order valence-corrected chi connectivity index (χ3v) is 7.16. The maximum absolute atomic E-state index is 14.6. The molecule has 216 valence electrons. The molecule has 1 aliphatic carbocycles. The van der Waals surface area contributed by atoms with Crippen molar-refractivity contribution < 1.29 is 35.3 Å². The van der Waals surface area contributed by atoms with Crippen LogP contribution in [0.15, 0.2) is 36.7 Å². The maximum Gasteiger partial charge on any atom is 0.252 e. The summed E-state index contributed by atoms with van der Waals surface area (Å²) < 4.78 is 101. The Morgan fingerprint density at radius 3 is 2.58 bits per heavy atom. The number of nitrogens with zero attached hydrogens (tertiary/aromatic N) is 3. The molecule has 0 amide bonds. The van der Waals surface area contributed by atoms with Crippen LogP contribution in [0.3, 0.4) is 0 Å². The minimum absolute atomic E-state index is 0.184. The number of alkyl halides is 3. The van der Waals surface area contributed by atoms with Crippen molar-refractivity contribution in [3.8, 4) is 22.9 Å². The van der Waals surface area contributed by atoms with E-state index in [1.807, 2.05) is 4.72 Å². The molecule has 1 saturated heterocycles. The molecule has 8 nitrogen and oxygen atoms in total. The topological polar surface area (TPSA) is 101 Å². The highest BCUT2D eigenvalue weighted by Gasteiger charge is 2.57. The first kappa shape index (κ1) is 29.5. The fraction of sp³-hybridized carbons (Fsp3) is 0.400. The molecule has 1 saturated carbocycles. The number of halogens is 6. The Hall–Kier alpha value is -3.46. The number of hydrogen-bond donors (Lipinski definition) is 3. The van der Waals surface area contributed by atoms with Gasteiger partial charge < -0.3 is 15.4 Å². The molecule has 0 spiro atoms. The van der Waals surface area contributed by atoms with Crippen molar-refractivity contribution in [1.29, 1.82) is 0 Å². The van der Waals surface area contributed by atoms with Gasteiger partial charge in [0.1, 0.15) is 22.8 Å². The van der Waals surface area contributed by atoms with E-state index in [9.17, 15) is 30.6 Å². The molecule has 1 aromatic carbocycles. The summed E-state index contributed by atoms with van der Waals surface area (Å²) in [5.74, 6) is -9.96. The van der Waals surface area contributed by atoms with Crippen LogP contribution in [0.2, 0.25) is 0 Å². The smallest absolute Gasteiger partial charge is 0.252 e. The Labute approximate surface area is 228 Å². The van der Waals surface area contributed by atoms with Crippen molar-refractivity contribution in [3.63, 3.8) is 0 Å². The van der Waals surface area contributed by atoms with Crippen LogP contribution in [0, 0.1) is 23.4 Å². The van der Waals surface area contributed by atoms with E-state index in [0.717, 1.165) is 19.4 Å². The van der Waals surface area contributed by atoms with Gasteiger partial charge in [0.25, 0.3) is 5.92 Å². The summed E-state index contributed by atoms with van der Waals surface area (Å²) in [6.07, 6.45) is 3.52. The van der Waals surface area contributed by atoms with Crippen molar-refractivity contribution in [3.05, 3.63) is 54.1 Å². The Kier molecular flexibility index (Phi) is 9.45. The summed E-state index contributed by atoms with van der Waals surface area (Å²) in [4.78, 5) is 12.2. The largest absolute Gasteiger partial charge is 0.435 e. The van der Waals surface area contributed by atoms with Crippen molar-refractivity contribution >= 4 is 22.6 Å². The second-order valence-corrected chi connectivity index (χ2v) is 10.3. The zero-order valence-corrected chi connectivity index (χ0v) is 22.0. The molecule has 3 atom stereocenters. The Balaban J connectivity index is 0.000000461. The maximum atomic E-state index is 14.6. The lowest BCUT2D eigenvalue weighted by Gasteiger charge is -2.14. The van der Waals surface area contributed by atoms with Gasteiger partial charge in [-0.3, -0.25) is 4.72 Å². The van der Waals surface area contributed by atoms with Crippen LogP contribution < -0.4 is 20.1 Å². The SMILES string of the molecule is CNc1nccc(-c2cccnc2Oc2cc(F)c(NS(=O)CC3CC3(F)F)c(F)c2F)n1.FC1CCCNC1. The molecule has 3 heterocycles. The van der Waals surface area contributed by atoms with Gasteiger partial charge >= 0.3 is 0 Å². The zero-order valence-electron chi connectivity index (χ0n) is 21.2. The molecule has 1 aliphatic heterocycles. The summed E-state index contributed by atoms with van der Waals surface area (Å²) >= 11 is 0. The molecule has 3 N–H and O–H groups in total. The summed E-state index contributed by atoms with van der Waals surface area (Å²) in [5.41, 5.74) is -0.396. The van der Waals surface area contributed by atoms with Gasteiger partial charge in [0.15, 0.2) is 17.4 Å². The van der Waals surface area contributed by atoms with Gasteiger partial charge in [-0.15, -0.1) is 0 Å². The molecule has 3 aromatic rings. The Morgan fingerprint density at radius 2 is 1.95 bits per heavy atom. The van der Waals surface area contributed by atoms with E-state index in [0.29, 0.717) is 23.9 Å². The summed E-state index contributed by atoms with van der Waals surface area (Å²) in [5, 5.41) is 5.72. The molecule has 0 bridgehead atoms. The van der Waals surface area contributed by atoms with Gasteiger partial charge in [0.2, 0.25) is 17.6 Å². The van der Waals surface area contributed by atoms with Crippen molar-refractivity contribution in [1.82, 2.24) is 20.3 Å². The average Bonchev–Trinajstić information content (AvgIpc) is 3.55. The molecule has 5 rings (SSSR count). The van der Waals surface area contributed by atoms with E-state index in [-0.39, 0.29) is 11.8 Å². The van der Waals surface area contributed by atoms with Crippen LogP contribution in [0.4, 0.5) is 38.0 Å². The molecular formula is C25H26F6N6O2S. The number of benzene rings is 1. The molecule has 2 aliphatic rings. The second kappa shape index (κ2) is 12.8. The lowest BCUT2D eigenvalue weighted by atomic mass is 10.1. The van der Waals surface area contributed by atoms with Gasteiger partial charge in [-0.1, -0.05) is 0 Å². The molecule has 2 fully saturated rings. The third-order valence-electron chi connectivity index (χ3n) is 6.02. The first-order chi connectivity index (χ1) is 19.1. The van der Waals surface area contributed by atoms with Crippen LogP contribution in [0.1, 0.15) is 19.3 Å². The van der Waals surface area contributed by atoms with Crippen molar-refractivity contribution in [2.24, 2.45) is 5.92 Å². The average molecular weight is 589 g/mol. The molecule has 0 radical (unpaired) electrons. The van der Waals surface area contributed by atoms with E-state index < -0.39 is 70.1 Å². The van der Waals surface area contributed by atoms with Crippen LogP contribution in [0.25, 0.3) is 11.3 Å². The van der Waals surface area contributed by atoms with Gasteiger partial charge in [-0.2, -0.15) is 4.39 Å². The number of rotatable bonds is 8. The number of pyridine rings is 1. The van der Waals surface area contributed by atoms with E-state index >= 15 is 0 Å². The summed E-state index contributed by atoms with van der Waals surface area (Å²) in [6.45, 7) is 1.57. The van der Waals surface area contributed by atoms with Crippen LogP contribution >= 0.6 is 0 Å². The summed E-state index contributed by atoms with van der Waals surface area (Å²) in [6, 6.07) is 5.20. The monoisotopic (exact) mass is 588 g/mol. The van der Waals surface area contributed by atoms with E-state index in [2.05, 4.69) is 25.6 Å². The second-order valence-electron chi connectivity index (χ2n) is 9.05. The highest BCUT2D eigenvalue weighted by Crippen LogP contribution is 2.49. The number of piperidine rings is 1. The lowest BCUT2D eigenvalue weighted by molar-refractivity contribution is 0.103. The molecule has 40 heavy (non-hydrogen) atoms. The minimum atomic E-state index is -2.95. The predicted molar refractivity (Wildman–Crippen MR) is 138 cm³/mol. The van der Waals surface area contributed by atoms with Gasteiger partial charge in [0, 0.05) is 44.4 Å². The molecule has 3 unspecified atom stereocenters. The van der Waals surface area contributed by atoms with E-state index in [1.165, 1.54) is 18.5 Å². The Bertz CT molecular complexity index is 1360.